The lowest BCUT2D eigenvalue weighted by molar-refractivity contribution is 0.0233. The van der Waals surface area contributed by atoms with Crippen molar-refractivity contribution in [2.45, 2.75) is 18.5 Å². The van der Waals surface area contributed by atoms with Gasteiger partial charge in [0.2, 0.25) is 5.95 Å². The summed E-state index contributed by atoms with van der Waals surface area (Å²) in [4.78, 5) is 35.2. The Kier molecular flexibility index (Phi) is 4.22. The van der Waals surface area contributed by atoms with E-state index in [2.05, 4.69) is 31.2 Å². The summed E-state index contributed by atoms with van der Waals surface area (Å²) in [5.41, 5.74) is 0.912. The summed E-state index contributed by atoms with van der Waals surface area (Å²) < 4.78 is 6.31. The highest BCUT2D eigenvalue weighted by atomic mass is 79.9. The normalized spacial score (nSPS) is 22.8. The van der Waals surface area contributed by atoms with Gasteiger partial charge in [-0.1, -0.05) is 12.1 Å². The fourth-order valence-electron chi connectivity index (χ4n) is 3.24. The van der Waals surface area contributed by atoms with Crippen molar-refractivity contribution in [3.05, 3.63) is 52.3 Å². The second kappa shape index (κ2) is 6.53. The molecule has 0 saturated carbocycles. The molecule has 8 heteroatoms. The lowest BCUT2D eigenvalue weighted by atomic mass is 10.0. The molecule has 2 amide bonds. The number of nitrogens with zero attached hydrogens (tertiary/aromatic N) is 3. The van der Waals surface area contributed by atoms with E-state index in [0.29, 0.717) is 36.7 Å². The molecule has 7 nitrogen and oxygen atoms in total. The highest BCUT2D eigenvalue weighted by Gasteiger charge is 2.43. The minimum absolute atomic E-state index is 0.254. The van der Waals surface area contributed by atoms with Gasteiger partial charge in [0.25, 0.3) is 11.8 Å². The maximum atomic E-state index is 12.7. The average Bonchev–Trinajstić information content (AvgIpc) is 2.89. The Bertz CT molecular complexity index is 792. The van der Waals surface area contributed by atoms with E-state index in [1.807, 2.05) is 0 Å². The number of fused-ring (bicyclic) bond motifs is 1. The maximum Gasteiger partial charge on any atom is 0.261 e. The molecule has 25 heavy (non-hydrogen) atoms. The lowest BCUT2D eigenvalue weighted by Gasteiger charge is -2.36. The van der Waals surface area contributed by atoms with E-state index in [4.69, 9.17) is 4.74 Å². The van der Waals surface area contributed by atoms with Gasteiger partial charge in [-0.15, -0.1) is 0 Å². The zero-order valence-electron chi connectivity index (χ0n) is 13.2. The van der Waals surface area contributed by atoms with Crippen molar-refractivity contribution in [3.8, 4) is 0 Å². The van der Waals surface area contributed by atoms with Crippen LogP contribution in [0.2, 0.25) is 0 Å². The Labute approximate surface area is 152 Å². The predicted molar refractivity (Wildman–Crippen MR) is 93.3 cm³/mol. The van der Waals surface area contributed by atoms with E-state index in [0.717, 1.165) is 4.47 Å². The highest BCUT2D eigenvalue weighted by molar-refractivity contribution is 9.10. The summed E-state index contributed by atoms with van der Waals surface area (Å²) in [6.07, 6.45) is 3.84. The molecule has 3 heterocycles. The first-order valence-electron chi connectivity index (χ1n) is 7.94. The molecule has 1 fully saturated rings. The molecular formula is C17H15BrN4O3. The molecule has 4 rings (SSSR count). The molecule has 0 aliphatic carbocycles. The Morgan fingerprint density at radius 1 is 1.12 bits per heavy atom. The van der Waals surface area contributed by atoms with Crippen LogP contribution >= 0.6 is 15.9 Å². The number of hydrogen-bond donors (Lipinski definition) is 1. The van der Waals surface area contributed by atoms with Crippen molar-refractivity contribution in [3.63, 3.8) is 0 Å². The van der Waals surface area contributed by atoms with Gasteiger partial charge in [-0.05, 0) is 34.5 Å². The Morgan fingerprint density at radius 2 is 1.76 bits per heavy atom. The van der Waals surface area contributed by atoms with Crippen molar-refractivity contribution in [2.24, 2.45) is 0 Å². The number of imide groups is 1. The number of nitrogens with one attached hydrogen (secondary N) is 1. The number of carbonyl (C=O) groups excluding carboxylic acids is 2. The van der Waals surface area contributed by atoms with Crippen molar-refractivity contribution in [2.75, 3.05) is 18.5 Å². The average molecular weight is 403 g/mol. The number of benzene rings is 1. The first-order chi connectivity index (χ1) is 12.1. The molecule has 0 bridgehead atoms. The number of amides is 2. The quantitative estimate of drug-likeness (QED) is 0.791. The standard InChI is InChI=1S/C17H15BrN4O3/c18-10-7-19-17(20-8-10)21-13-9-25-6-5-14(13)22-15(23)11-3-1-2-4-12(11)16(22)24/h1-4,7-8,13-14H,5-6,9H2,(H,19,20,21)/t13?,14-/m0/s1. The van der Waals surface area contributed by atoms with Crippen LogP contribution in [0.15, 0.2) is 41.1 Å². The van der Waals surface area contributed by atoms with E-state index >= 15 is 0 Å². The number of aromatic nitrogens is 2. The van der Waals surface area contributed by atoms with Crippen LogP contribution in [0.3, 0.4) is 0 Å². The van der Waals surface area contributed by atoms with Gasteiger partial charge < -0.3 is 10.1 Å². The largest absolute Gasteiger partial charge is 0.379 e. The van der Waals surface area contributed by atoms with E-state index in [1.165, 1.54) is 4.90 Å². The van der Waals surface area contributed by atoms with Gasteiger partial charge in [0.05, 0.1) is 34.3 Å². The monoisotopic (exact) mass is 402 g/mol. The smallest absolute Gasteiger partial charge is 0.261 e. The van der Waals surface area contributed by atoms with Gasteiger partial charge in [-0.2, -0.15) is 0 Å². The second-order valence-electron chi connectivity index (χ2n) is 5.93. The van der Waals surface area contributed by atoms with E-state index < -0.39 is 0 Å². The minimum Gasteiger partial charge on any atom is -0.379 e. The van der Waals surface area contributed by atoms with Gasteiger partial charge in [0.15, 0.2) is 0 Å². The maximum absolute atomic E-state index is 12.7. The van der Waals surface area contributed by atoms with Gasteiger partial charge in [-0.3, -0.25) is 14.5 Å². The van der Waals surface area contributed by atoms with Crippen molar-refractivity contribution in [1.82, 2.24) is 14.9 Å². The lowest BCUT2D eigenvalue weighted by Crippen LogP contribution is -2.54. The molecule has 2 aromatic rings. The molecule has 1 unspecified atom stereocenters. The van der Waals surface area contributed by atoms with E-state index in [1.54, 1.807) is 36.7 Å². The fourth-order valence-corrected chi connectivity index (χ4v) is 3.44. The molecule has 1 aromatic carbocycles. The molecule has 128 valence electrons. The molecule has 2 aliphatic heterocycles. The Hall–Kier alpha value is -2.32. The van der Waals surface area contributed by atoms with Gasteiger partial charge >= 0.3 is 0 Å². The fraction of sp³-hybridized carbons (Fsp3) is 0.294. The van der Waals surface area contributed by atoms with Crippen LogP contribution in [-0.2, 0) is 4.74 Å². The van der Waals surface area contributed by atoms with Crippen LogP contribution < -0.4 is 5.32 Å². The Morgan fingerprint density at radius 3 is 2.40 bits per heavy atom. The van der Waals surface area contributed by atoms with E-state index in [-0.39, 0.29) is 23.9 Å². The summed E-state index contributed by atoms with van der Waals surface area (Å²) >= 11 is 3.29. The third-order valence-corrected chi connectivity index (χ3v) is 4.82. The summed E-state index contributed by atoms with van der Waals surface area (Å²) in [5, 5.41) is 3.19. The summed E-state index contributed by atoms with van der Waals surface area (Å²) in [6.45, 7) is 0.870. The topological polar surface area (TPSA) is 84.4 Å². The van der Waals surface area contributed by atoms with Crippen LogP contribution in [0.1, 0.15) is 27.1 Å². The first-order valence-corrected chi connectivity index (χ1v) is 8.73. The van der Waals surface area contributed by atoms with Crippen LogP contribution in [0.25, 0.3) is 0 Å². The summed E-state index contributed by atoms with van der Waals surface area (Å²) in [6, 6.07) is 6.33. The summed E-state index contributed by atoms with van der Waals surface area (Å²) in [7, 11) is 0. The molecule has 2 aliphatic rings. The van der Waals surface area contributed by atoms with Crippen LogP contribution in [0, 0.1) is 0 Å². The number of anilines is 1. The number of rotatable bonds is 3. The SMILES string of the molecule is O=C1c2ccccc2C(=O)N1[C@H]1CCOCC1Nc1ncc(Br)cn1. The van der Waals surface area contributed by atoms with Crippen molar-refractivity contribution in [1.29, 1.82) is 0 Å². The second-order valence-corrected chi connectivity index (χ2v) is 6.85. The minimum atomic E-state index is -0.312. The third-order valence-electron chi connectivity index (χ3n) is 4.41. The molecule has 1 N–H and O–H groups in total. The predicted octanol–water partition coefficient (Wildman–Crippen LogP) is 2.10. The third kappa shape index (κ3) is 2.91. The molecular weight excluding hydrogens is 388 g/mol. The molecule has 0 radical (unpaired) electrons. The number of hydrogen-bond acceptors (Lipinski definition) is 6. The first kappa shape index (κ1) is 16.2. The van der Waals surface area contributed by atoms with Crippen molar-refractivity contribution >= 4 is 33.7 Å². The van der Waals surface area contributed by atoms with E-state index in [9.17, 15) is 9.59 Å². The van der Waals surface area contributed by atoms with Crippen LogP contribution in [0.5, 0.6) is 0 Å². The summed E-state index contributed by atoms with van der Waals surface area (Å²) in [5.74, 6) is -0.0765. The van der Waals surface area contributed by atoms with Gasteiger partial charge in [0.1, 0.15) is 0 Å². The van der Waals surface area contributed by atoms with Gasteiger partial charge in [-0.25, -0.2) is 9.97 Å². The van der Waals surface area contributed by atoms with Crippen molar-refractivity contribution < 1.29 is 14.3 Å². The van der Waals surface area contributed by atoms with Gasteiger partial charge in [0, 0.05) is 19.0 Å². The zero-order chi connectivity index (χ0) is 17.4. The molecule has 1 saturated heterocycles. The zero-order valence-corrected chi connectivity index (χ0v) is 14.8. The number of ether oxygens (including phenoxy) is 1. The molecule has 1 aromatic heterocycles. The highest BCUT2D eigenvalue weighted by Crippen LogP contribution is 2.29. The van der Waals surface area contributed by atoms with Crippen LogP contribution in [-0.4, -0.2) is 52.0 Å². The Balaban J connectivity index is 1.60. The molecule has 0 spiro atoms. The number of halogens is 1. The molecule has 2 atom stereocenters. The van der Waals surface area contributed by atoms with Crippen LogP contribution in [0.4, 0.5) is 5.95 Å². The number of carbonyl (C=O) groups is 2.